The van der Waals surface area contributed by atoms with Crippen LogP contribution in [0.3, 0.4) is 0 Å². The number of aryl methyl sites for hydroxylation is 1. The van der Waals surface area contributed by atoms with E-state index in [1.807, 2.05) is 6.92 Å². The number of sulfonamides is 1. The molecule has 5 N–H and O–H groups in total. The summed E-state index contributed by atoms with van der Waals surface area (Å²) >= 11 is 0. The minimum Gasteiger partial charge on any atom is -0.339 e. The van der Waals surface area contributed by atoms with E-state index in [0.29, 0.717) is 40.3 Å². The minimum atomic E-state index is -4.06. The van der Waals surface area contributed by atoms with E-state index >= 15 is 0 Å². The average molecular weight is 499 g/mol. The lowest BCUT2D eigenvalue weighted by atomic mass is 10.1. The fraction of sp³-hybridized carbons (Fsp3) is 0.375. The number of unbranched alkanes of at least 4 members (excludes halogenated alkanes) is 2. The van der Waals surface area contributed by atoms with Gasteiger partial charge in [-0.25, -0.2) is 10.3 Å². The average Bonchev–Trinajstić information content (AvgIpc) is 3.44. The molecule has 0 spiro atoms. The Morgan fingerprint density at radius 2 is 1.89 bits per heavy atom. The molecule has 1 heterocycles. The Bertz CT molecular complexity index is 1290. The summed E-state index contributed by atoms with van der Waals surface area (Å²) in [4.78, 5) is 16.6. The Hall–Kier alpha value is -3.28. The number of anilines is 2. The van der Waals surface area contributed by atoms with Gasteiger partial charge in [0.2, 0.25) is 17.6 Å². The number of nitrogens with two attached hydrogens (primary N) is 2. The SMILES string of the molecule is CC1(C(=O)Nc2ccc(N(N)S(=O)(=O)c3cccc(-c4noc(CCCCCN)n4)c3)cc2)CC1. The molecule has 0 radical (unpaired) electrons. The summed E-state index contributed by atoms with van der Waals surface area (Å²) in [6, 6.07) is 12.6. The molecule has 35 heavy (non-hydrogen) atoms. The quantitative estimate of drug-likeness (QED) is 0.207. The first-order chi connectivity index (χ1) is 16.7. The molecule has 0 bridgehead atoms. The predicted octanol–water partition coefficient (Wildman–Crippen LogP) is 3.22. The van der Waals surface area contributed by atoms with Crippen LogP contribution in [0.15, 0.2) is 57.9 Å². The molecule has 4 rings (SSSR count). The van der Waals surface area contributed by atoms with Crippen molar-refractivity contribution in [2.75, 3.05) is 16.3 Å². The summed E-state index contributed by atoms with van der Waals surface area (Å²) < 4.78 is 32.4. The third kappa shape index (κ3) is 5.69. The zero-order valence-electron chi connectivity index (χ0n) is 19.6. The van der Waals surface area contributed by atoms with Crippen LogP contribution in [-0.4, -0.2) is 31.0 Å². The van der Waals surface area contributed by atoms with Gasteiger partial charge in [-0.1, -0.05) is 30.6 Å². The van der Waals surface area contributed by atoms with Gasteiger partial charge in [0.25, 0.3) is 10.0 Å². The summed E-state index contributed by atoms with van der Waals surface area (Å²) in [5, 5.41) is 6.83. The summed E-state index contributed by atoms with van der Waals surface area (Å²) in [5.74, 6) is 6.77. The summed E-state index contributed by atoms with van der Waals surface area (Å²) in [6.07, 6.45) is 5.16. The number of hydrazine groups is 1. The van der Waals surface area contributed by atoms with E-state index in [9.17, 15) is 13.2 Å². The number of benzene rings is 2. The van der Waals surface area contributed by atoms with Crippen molar-refractivity contribution >= 4 is 27.3 Å². The molecule has 1 amide bonds. The fourth-order valence-electron chi connectivity index (χ4n) is 3.51. The number of nitrogens with one attached hydrogen (secondary N) is 1. The predicted molar refractivity (Wildman–Crippen MR) is 133 cm³/mol. The number of carbonyl (C=O) groups excluding carboxylic acids is 1. The van der Waals surface area contributed by atoms with Gasteiger partial charge in [-0.3, -0.25) is 4.79 Å². The Morgan fingerprint density at radius 3 is 2.57 bits per heavy atom. The molecule has 1 aromatic heterocycles. The van der Waals surface area contributed by atoms with Crippen molar-refractivity contribution in [2.45, 2.75) is 50.3 Å². The third-order valence-electron chi connectivity index (χ3n) is 6.14. The van der Waals surface area contributed by atoms with Crippen LogP contribution < -0.4 is 21.3 Å². The highest BCUT2D eigenvalue weighted by Gasteiger charge is 2.44. The Labute approximate surface area is 204 Å². The van der Waals surface area contributed by atoms with Gasteiger partial charge in [-0.05, 0) is 68.6 Å². The lowest BCUT2D eigenvalue weighted by Gasteiger charge is -2.19. The zero-order valence-corrected chi connectivity index (χ0v) is 20.4. The number of aromatic nitrogens is 2. The maximum absolute atomic E-state index is 13.2. The first-order valence-electron chi connectivity index (χ1n) is 11.6. The second kappa shape index (κ2) is 10.1. The summed E-state index contributed by atoms with van der Waals surface area (Å²) in [7, 11) is -4.06. The molecule has 1 saturated carbocycles. The van der Waals surface area contributed by atoms with E-state index in [1.165, 1.54) is 12.1 Å². The van der Waals surface area contributed by atoms with Crippen LogP contribution in [0.1, 0.15) is 44.9 Å². The van der Waals surface area contributed by atoms with Crippen molar-refractivity contribution in [1.82, 2.24) is 10.1 Å². The van der Waals surface area contributed by atoms with Gasteiger partial charge in [0.15, 0.2) is 0 Å². The molecule has 0 aliphatic heterocycles. The number of hydrogen-bond donors (Lipinski definition) is 3. The molecule has 3 aromatic rings. The van der Waals surface area contributed by atoms with Gasteiger partial charge in [0, 0.05) is 23.1 Å². The number of amides is 1. The lowest BCUT2D eigenvalue weighted by Crippen LogP contribution is -2.37. The number of rotatable bonds is 11. The van der Waals surface area contributed by atoms with E-state index in [1.54, 1.807) is 36.4 Å². The second-order valence-electron chi connectivity index (χ2n) is 9.00. The van der Waals surface area contributed by atoms with Crippen LogP contribution in [0.2, 0.25) is 0 Å². The van der Waals surface area contributed by atoms with Crippen LogP contribution >= 0.6 is 0 Å². The van der Waals surface area contributed by atoms with Crippen LogP contribution in [-0.2, 0) is 21.2 Å². The van der Waals surface area contributed by atoms with Crippen LogP contribution in [0.25, 0.3) is 11.4 Å². The normalized spacial score (nSPS) is 14.5. The summed E-state index contributed by atoms with van der Waals surface area (Å²) in [5.41, 5.74) is 6.54. The molecule has 1 aliphatic carbocycles. The Morgan fingerprint density at radius 1 is 1.14 bits per heavy atom. The van der Waals surface area contributed by atoms with Crippen LogP contribution in [0, 0.1) is 5.41 Å². The van der Waals surface area contributed by atoms with Crippen molar-refractivity contribution < 1.29 is 17.7 Å². The van der Waals surface area contributed by atoms with E-state index in [-0.39, 0.29) is 21.9 Å². The van der Waals surface area contributed by atoms with Crippen LogP contribution in [0.5, 0.6) is 0 Å². The maximum Gasteiger partial charge on any atom is 0.277 e. The van der Waals surface area contributed by atoms with Gasteiger partial charge in [-0.2, -0.15) is 13.4 Å². The standard InChI is InChI=1S/C24H30N6O4S/c1-24(13-14-24)23(31)27-18-9-11-19(12-10-18)30(26)35(32,33)20-7-5-6-17(16-20)22-28-21(34-29-22)8-3-2-4-15-25/h5-7,9-12,16H,2-4,8,13-15,25-26H2,1H3,(H,27,31). The van der Waals surface area contributed by atoms with Gasteiger partial charge in [0.1, 0.15) is 0 Å². The topological polar surface area (TPSA) is 157 Å². The first kappa shape index (κ1) is 24.8. The molecule has 2 aromatic carbocycles. The van der Waals surface area contributed by atoms with E-state index < -0.39 is 10.0 Å². The van der Waals surface area contributed by atoms with Gasteiger partial charge < -0.3 is 15.6 Å². The molecule has 1 aliphatic rings. The monoisotopic (exact) mass is 498 g/mol. The third-order valence-corrected chi connectivity index (χ3v) is 7.72. The zero-order chi connectivity index (χ0) is 25.1. The van der Waals surface area contributed by atoms with E-state index in [0.717, 1.165) is 32.1 Å². The molecule has 0 unspecified atom stereocenters. The van der Waals surface area contributed by atoms with Gasteiger partial charge in [-0.15, -0.1) is 0 Å². The van der Waals surface area contributed by atoms with Gasteiger partial charge >= 0.3 is 0 Å². The van der Waals surface area contributed by atoms with Crippen molar-refractivity contribution in [1.29, 1.82) is 0 Å². The molecule has 1 fully saturated rings. The highest BCUT2D eigenvalue weighted by molar-refractivity contribution is 7.92. The van der Waals surface area contributed by atoms with E-state index in [4.69, 9.17) is 16.1 Å². The molecule has 0 atom stereocenters. The molecular weight excluding hydrogens is 468 g/mol. The molecular formula is C24H30N6O4S. The smallest absolute Gasteiger partial charge is 0.277 e. The van der Waals surface area contributed by atoms with Crippen molar-refractivity contribution in [2.24, 2.45) is 17.0 Å². The highest BCUT2D eigenvalue weighted by Crippen LogP contribution is 2.45. The minimum absolute atomic E-state index is 0.00849. The maximum atomic E-state index is 13.2. The number of carbonyl (C=O) groups is 1. The largest absolute Gasteiger partial charge is 0.339 e. The number of nitrogens with zero attached hydrogens (tertiary/aromatic N) is 3. The lowest BCUT2D eigenvalue weighted by molar-refractivity contribution is -0.120. The summed E-state index contributed by atoms with van der Waals surface area (Å²) in [6.45, 7) is 2.56. The Kier molecular flexibility index (Phi) is 7.20. The van der Waals surface area contributed by atoms with Crippen molar-refractivity contribution in [3.05, 3.63) is 54.4 Å². The van der Waals surface area contributed by atoms with Crippen molar-refractivity contribution in [3.63, 3.8) is 0 Å². The van der Waals surface area contributed by atoms with Crippen molar-refractivity contribution in [3.8, 4) is 11.4 Å². The van der Waals surface area contributed by atoms with Crippen LogP contribution in [0.4, 0.5) is 11.4 Å². The fourth-order valence-corrected chi connectivity index (χ4v) is 4.66. The highest BCUT2D eigenvalue weighted by atomic mass is 32.2. The molecule has 10 nitrogen and oxygen atoms in total. The molecule has 0 saturated heterocycles. The first-order valence-corrected chi connectivity index (χ1v) is 13.0. The molecule has 186 valence electrons. The number of hydrogen-bond acceptors (Lipinski definition) is 8. The second-order valence-corrected chi connectivity index (χ2v) is 10.8. The Balaban J connectivity index is 1.46. The van der Waals surface area contributed by atoms with Gasteiger partial charge in [0.05, 0.1) is 10.6 Å². The molecule has 11 heteroatoms. The van der Waals surface area contributed by atoms with E-state index in [2.05, 4.69) is 15.5 Å².